The second-order valence-electron chi connectivity index (χ2n) is 24.4. The van der Waals surface area contributed by atoms with Crippen LogP contribution in [0, 0.1) is 21.7 Å². The van der Waals surface area contributed by atoms with Gasteiger partial charge in [-0.2, -0.15) is 0 Å². The molecule has 8 unspecified atom stereocenters. The fourth-order valence-corrected chi connectivity index (χ4v) is 15.1. The van der Waals surface area contributed by atoms with Gasteiger partial charge in [-0.1, -0.05) is 154 Å². The minimum atomic E-state index is -1.78. The van der Waals surface area contributed by atoms with E-state index in [2.05, 4.69) is 23.6 Å². The molecule has 0 amide bonds. The maximum Gasteiger partial charge on any atom is 0.166 e. The van der Waals surface area contributed by atoms with Crippen LogP contribution in [0.4, 0.5) is 0 Å². The lowest BCUT2D eigenvalue weighted by Crippen LogP contribution is -2.78. The average molecular weight is 1110 g/mol. The van der Waals surface area contributed by atoms with Crippen molar-refractivity contribution in [1.29, 1.82) is 0 Å². The van der Waals surface area contributed by atoms with Crippen molar-refractivity contribution in [3.63, 3.8) is 0 Å². The lowest BCUT2D eigenvalue weighted by atomic mass is 9.52. The third-order valence-corrected chi connectivity index (χ3v) is 19.0. The molecule has 8 rings (SSSR count). The number of piperidine rings is 4. The molecule has 436 valence electrons. The predicted octanol–water partition coefficient (Wildman–Crippen LogP) is 12.0. The van der Waals surface area contributed by atoms with Crippen LogP contribution in [0.15, 0.2) is 97.6 Å². The average Bonchev–Trinajstić information content (AvgIpc) is 2.71. The first-order chi connectivity index (χ1) is 39.3. The molecule has 0 radical (unpaired) electrons. The second-order valence-corrected chi connectivity index (χ2v) is 24.4. The highest BCUT2D eigenvalue weighted by Gasteiger charge is 2.75. The van der Waals surface area contributed by atoms with E-state index in [9.17, 15) is 0 Å². The number of aromatic nitrogens is 4. The molecule has 0 N–H and O–H groups in total. The van der Waals surface area contributed by atoms with Crippen molar-refractivity contribution in [1.82, 2.24) is 39.5 Å². The summed E-state index contributed by atoms with van der Waals surface area (Å²) in [6, 6.07) is 18.8. The number of likely N-dealkylation sites (tertiary alicyclic amines) is 4. The molecule has 8 atom stereocenters. The van der Waals surface area contributed by atoms with Crippen molar-refractivity contribution in [3.8, 4) is 0 Å². The van der Waals surface area contributed by atoms with Crippen molar-refractivity contribution in [2.24, 2.45) is 21.7 Å². The van der Waals surface area contributed by atoms with Gasteiger partial charge in [0.25, 0.3) is 0 Å². The normalized spacial score (nSPS) is 27.1. The first-order valence-electron chi connectivity index (χ1n) is 31.0. The van der Waals surface area contributed by atoms with E-state index in [1.807, 2.05) is 82.6 Å². The molecule has 81 heavy (non-hydrogen) atoms. The molecule has 4 fully saturated rings. The molecule has 14 heteroatoms. The van der Waals surface area contributed by atoms with E-state index in [-0.39, 0.29) is 56.0 Å². The van der Waals surface area contributed by atoms with Crippen LogP contribution in [0.5, 0.6) is 0 Å². The molecule has 0 saturated carbocycles. The Morgan fingerprint density at radius 1 is 0.383 bits per heavy atom. The molecule has 0 aromatic carbocycles. The third-order valence-electron chi connectivity index (χ3n) is 19.0. The lowest BCUT2D eigenvalue weighted by molar-refractivity contribution is -0.198. The number of carbonyl (C=O) groups is 6. The van der Waals surface area contributed by atoms with Crippen LogP contribution in [0.2, 0.25) is 0 Å². The maximum absolute atomic E-state index is 16.2. The zero-order valence-corrected chi connectivity index (χ0v) is 49.7. The number of unbranched alkanes of at least 4 members (excludes halogenated alkanes) is 18. The van der Waals surface area contributed by atoms with Crippen LogP contribution in [-0.2, 0) is 28.8 Å². The summed E-state index contributed by atoms with van der Waals surface area (Å²) in [6.45, 7) is 11.1. The highest BCUT2D eigenvalue weighted by atomic mass is 16.2. The Balaban J connectivity index is 1.20. The number of rotatable bonds is 32. The zero-order chi connectivity index (χ0) is 57.6. The molecule has 4 saturated heterocycles. The summed E-state index contributed by atoms with van der Waals surface area (Å²) in [5.41, 5.74) is -4.91. The number of fused-ring (bicyclic) bond motifs is 4. The highest BCUT2D eigenvalue weighted by Crippen LogP contribution is 2.63. The lowest BCUT2D eigenvalue weighted by Gasteiger charge is -2.64. The highest BCUT2D eigenvalue weighted by molar-refractivity contribution is 6.20. The number of ketones is 6. The Morgan fingerprint density at radius 2 is 0.617 bits per heavy atom. The Morgan fingerprint density at radius 3 is 0.827 bits per heavy atom. The van der Waals surface area contributed by atoms with Crippen LogP contribution in [0.25, 0.3) is 0 Å². The van der Waals surface area contributed by atoms with E-state index in [4.69, 9.17) is 19.9 Å². The third kappa shape index (κ3) is 12.3. The fourth-order valence-electron chi connectivity index (χ4n) is 15.1. The second kappa shape index (κ2) is 28.2. The Bertz CT molecular complexity index is 2390. The van der Waals surface area contributed by atoms with Gasteiger partial charge in [0.15, 0.2) is 11.6 Å². The van der Waals surface area contributed by atoms with Crippen LogP contribution < -0.4 is 0 Å². The van der Waals surface area contributed by atoms with Crippen molar-refractivity contribution in [2.75, 3.05) is 45.9 Å². The van der Waals surface area contributed by atoms with Gasteiger partial charge in [-0.15, -0.1) is 0 Å². The number of Topliss-reactive ketones (excluding diaryl/α,β-unsaturated/α-hetero) is 6. The van der Waals surface area contributed by atoms with E-state index in [0.29, 0.717) is 35.9 Å². The van der Waals surface area contributed by atoms with Crippen LogP contribution >= 0.6 is 0 Å². The molecular weight excluding hydrogens is 1010 g/mol. The Labute approximate surface area is 483 Å². The summed E-state index contributed by atoms with van der Waals surface area (Å²) >= 11 is 0. The van der Waals surface area contributed by atoms with Crippen LogP contribution in [0.3, 0.4) is 0 Å². The van der Waals surface area contributed by atoms with Crippen LogP contribution in [-0.4, -0.2) is 120 Å². The molecule has 4 aliphatic rings. The summed E-state index contributed by atoms with van der Waals surface area (Å²) in [7, 11) is 0. The van der Waals surface area contributed by atoms with Crippen molar-refractivity contribution >= 4 is 34.7 Å². The van der Waals surface area contributed by atoms with Gasteiger partial charge in [-0.05, 0) is 102 Å². The Kier molecular flexibility index (Phi) is 21.4. The Hall–Kier alpha value is -5.54. The van der Waals surface area contributed by atoms with Gasteiger partial charge >= 0.3 is 0 Å². The molecule has 0 spiro atoms. The number of hydrogen-bond donors (Lipinski definition) is 0. The van der Waals surface area contributed by atoms with E-state index in [0.717, 1.165) is 51.4 Å². The number of pyridine rings is 4. The standard InChI is InChI=1S/C67H92N8O6/c1-7-9-11-13-15-17-19-21-23-33-43-74-58(54-35-25-29-39-68-54)64(50(3)76)45-72(46-65(51(4)77,62(64)80)59(74)55-36-26-30-40-69-55)49-73-47-66(52(5)78)60(56-37-27-31-41-70-56)75(44-34-24-22-20-18-16-14-12-10-8-2)61(57-38-28-32-42-71-57)67(48-73,53(6)79)63(66)81/h25-32,35-42,58-61H,7-24,33-34,43-49H2,1-6H3. The van der Waals surface area contributed by atoms with Crippen molar-refractivity contribution in [2.45, 2.75) is 194 Å². The minimum Gasteiger partial charge on any atom is -0.299 e. The molecule has 0 aliphatic carbocycles. The van der Waals surface area contributed by atoms with Gasteiger partial charge in [-0.3, -0.25) is 68.3 Å². The summed E-state index contributed by atoms with van der Waals surface area (Å²) in [5, 5.41) is 0. The minimum absolute atomic E-state index is 0.0271. The number of nitrogens with zero attached hydrogens (tertiary/aromatic N) is 8. The summed E-state index contributed by atoms with van der Waals surface area (Å²) in [6.07, 6.45) is 29.4. The van der Waals surface area contributed by atoms with E-state index >= 15 is 28.8 Å². The molecule has 14 nitrogen and oxygen atoms in total. The predicted molar refractivity (Wildman–Crippen MR) is 315 cm³/mol. The van der Waals surface area contributed by atoms with Gasteiger partial charge in [0, 0.05) is 51.0 Å². The number of carbonyl (C=O) groups excluding carboxylic acids is 6. The smallest absolute Gasteiger partial charge is 0.166 e. The molecule has 4 aromatic heterocycles. The molecule has 8 heterocycles. The van der Waals surface area contributed by atoms with Gasteiger partial charge in [-0.25, -0.2) is 0 Å². The van der Waals surface area contributed by atoms with E-state index in [1.54, 1.807) is 24.8 Å². The van der Waals surface area contributed by atoms with Gasteiger partial charge in [0.2, 0.25) is 0 Å². The first-order valence-corrected chi connectivity index (χ1v) is 31.0. The summed E-state index contributed by atoms with van der Waals surface area (Å²) in [5.74, 6) is -2.35. The fraction of sp³-hybridized carbons (Fsp3) is 0.612. The van der Waals surface area contributed by atoms with Crippen molar-refractivity contribution < 1.29 is 28.8 Å². The van der Waals surface area contributed by atoms with E-state index < -0.39 is 57.4 Å². The SMILES string of the molecule is CCCCCCCCCCCCN1C(c2ccccn2)C2(C(C)=O)CN(CN3CC4(C(C)=O)C(=O)C(C(C)=O)(C3)C(c3ccccn3)N(CCCCCCCCCCCC)C4c3ccccn3)CC(C(C)=O)(C2=O)C1c1ccccn1. The van der Waals surface area contributed by atoms with Gasteiger partial charge in [0.1, 0.15) is 44.8 Å². The summed E-state index contributed by atoms with van der Waals surface area (Å²) < 4.78 is 0. The number of hydrogen-bond acceptors (Lipinski definition) is 14. The molecule has 4 aliphatic heterocycles. The zero-order valence-electron chi connectivity index (χ0n) is 49.7. The first kappa shape index (κ1) is 61.5. The molecular formula is C67H92N8O6. The maximum atomic E-state index is 16.2. The largest absolute Gasteiger partial charge is 0.299 e. The van der Waals surface area contributed by atoms with Crippen molar-refractivity contribution in [3.05, 3.63) is 120 Å². The molecule has 4 bridgehead atoms. The van der Waals surface area contributed by atoms with Gasteiger partial charge < -0.3 is 0 Å². The quantitative estimate of drug-likeness (QED) is 0.0335. The monoisotopic (exact) mass is 1100 g/mol. The summed E-state index contributed by atoms with van der Waals surface area (Å²) in [4.78, 5) is 121. The van der Waals surface area contributed by atoms with Crippen LogP contribution in [0.1, 0.15) is 217 Å². The molecule has 4 aromatic rings. The van der Waals surface area contributed by atoms with E-state index in [1.165, 1.54) is 105 Å². The van der Waals surface area contributed by atoms with Gasteiger partial charge in [0.05, 0.1) is 53.6 Å². The topological polar surface area (TPSA) is 167 Å².